The normalized spacial score (nSPS) is 23.1. The molecule has 2 aliphatic rings. The second kappa shape index (κ2) is 2.92. The average Bonchev–Trinajstić information content (AvgIpc) is 2.56. The van der Waals surface area contributed by atoms with Gasteiger partial charge in [-0.05, 0) is 13.1 Å². The van der Waals surface area contributed by atoms with Crippen LogP contribution in [-0.2, 0) is 6.42 Å². The summed E-state index contributed by atoms with van der Waals surface area (Å²) in [5.74, 6) is 0.745. The van der Waals surface area contributed by atoms with Gasteiger partial charge in [0.1, 0.15) is 11.3 Å². The predicted molar refractivity (Wildman–Crippen MR) is 51.2 cm³/mol. The molecule has 0 radical (unpaired) electrons. The van der Waals surface area contributed by atoms with Crippen molar-refractivity contribution in [2.24, 2.45) is 0 Å². The quantitative estimate of drug-likeness (QED) is 0.650. The van der Waals surface area contributed by atoms with Crippen LogP contribution in [0.25, 0.3) is 0 Å². The van der Waals surface area contributed by atoms with Gasteiger partial charge in [0.2, 0.25) is 5.88 Å². The Morgan fingerprint density at radius 2 is 2.00 bits per heavy atom. The first-order valence-electron chi connectivity index (χ1n) is 5.08. The van der Waals surface area contributed by atoms with Crippen LogP contribution in [0.2, 0.25) is 0 Å². The molecule has 74 valence electrons. The summed E-state index contributed by atoms with van der Waals surface area (Å²) < 4.78 is 5.92. The van der Waals surface area contributed by atoms with Crippen LogP contribution in [0.5, 0.6) is 5.88 Å². The topological polar surface area (TPSA) is 47.0 Å². The van der Waals surface area contributed by atoms with Crippen molar-refractivity contribution >= 4 is 0 Å². The summed E-state index contributed by atoms with van der Waals surface area (Å²) in [6.45, 7) is 2.07. The molecule has 1 saturated heterocycles. The zero-order valence-corrected chi connectivity index (χ0v) is 7.99. The molecule has 0 saturated carbocycles. The smallest absolute Gasteiger partial charge is 0.236 e. The lowest BCUT2D eigenvalue weighted by molar-refractivity contribution is 0.0562. The number of nitrogens with zero attached hydrogens (tertiary/aromatic N) is 2. The van der Waals surface area contributed by atoms with Gasteiger partial charge in [-0.3, -0.25) is 4.98 Å². The lowest BCUT2D eigenvalue weighted by Gasteiger charge is -2.32. The minimum Gasteiger partial charge on any atom is -0.469 e. The highest BCUT2D eigenvalue weighted by molar-refractivity contribution is 5.26. The van der Waals surface area contributed by atoms with E-state index in [-0.39, 0.29) is 5.60 Å². The Hall–Kier alpha value is -1.16. The molecule has 14 heavy (non-hydrogen) atoms. The van der Waals surface area contributed by atoms with Crippen molar-refractivity contribution in [3.8, 4) is 5.88 Å². The third-order valence-electron chi connectivity index (χ3n) is 3.05. The van der Waals surface area contributed by atoms with Crippen LogP contribution < -0.4 is 10.1 Å². The highest BCUT2D eigenvalue weighted by Gasteiger charge is 2.41. The fraction of sp³-hybridized carbons (Fsp3) is 0.600. The zero-order chi connectivity index (χ0) is 9.43. The molecular weight excluding hydrogens is 178 g/mol. The summed E-state index contributed by atoms with van der Waals surface area (Å²) in [7, 11) is 0. The van der Waals surface area contributed by atoms with Crippen molar-refractivity contribution in [2.45, 2.75) is 24.9 Å². The molecule has 1 aromatic heterocycles. The largest absolute Gasteiger partial charge is 0.469 e. The van der Waals surface area contributed by atoms with Crippen molar-refractivity contribution in [3.05, 3.63) is 18.1 Å². The number of ether oxygens (including phenoxy) is 1. The van der Waals surface area contributed by atoms with Crippen LogP contribution in [0.4, 0.5) is 0 Å². The molecule has 0 aromatic carbocycles. The van der Waals surface area contributed by atoms with Crippen LogP contribution in [-0.4, -0.2) is 28.7 Å². The summed E-state index contributed by atoms with van der Waals surface area (Å²) in [6.07, 6.45) is 6.48. The van der Waals surface area contributed by atoms with Gasteiger partial charge in [-0.25, -0.2) is 4.98 Å². The predicted octanol–water partition coefficient (Wildman–Crippen LogP) is 0.534. The Kier molecular flexibility index (Phi) is 1.70. The Morgan fingerprint density at radius 1 is 1.21 bits per heavy atom. The Balaban J connectivity index is 1.89. The third-order valence-corrected chi connectivity index (χ3v) is 3.05. The van der Waals surface area contributed by atoms with Crippen molar-refractivity contribution in [2.75, 3.05) is 13.1 Å². The van der Waals surface area contributed by atoms with Gasteiger partial charge in [-0.1, -0.05) is 0 Å². The molecule has 4 nitrogen and oxygen atoms in total. The van der Waals surface area contributed by atoms with E-state index in [9.17, 15) is 0 Å². The van der Waals surface area contributed by atoms with E-state index < -0.39 is 0 Å². The number of hydrogen-bond acceptors (Lipinski definition) is 4. The van der Waals surface area contributed by atoms with E-state index in [0.717, 1.165) is 43.9 Å². The number of piperidine rings is 1. The number of nitrogens with one attached hydrogen (secondary N) is 1. The van der Waals surface area contributed by atoms with Gasteiger partial charge < -0.3 is 10.1 Å². The van der Waals surface area contributed by atoms with Gasteiger partial charge in [0.15, 0.2) is 0 Å². The van der Waals surface area contributed by atoms with Gasteiger partial charge in [-0.2, -0.15) is 0 Å². The molecule has 0 unspecified atom stereocenters. The monoisotopic (exact) mass is 191 g/mol. The summed E-state index contributed by atoms with van der Waals surface area (Å²) in [5, 5.41) is 3.34. The summed E-state index contributed by atoms with van der Waals surface area (Å²) in [4.78, 5) is 8.50. The van der Waals surface area contributed by atoms with Crippen LogP contribution in [0.15, 0.2) is 12.4 Å². The van der Waals surface area contributed by atoms with E-state index in [1.165, 1.54) is 0 Å². The lowest BCUT2D eigenvalue weighted by Crippen LogP contribution is -2.45. The van der Waals surface area contributed by atoms with Gasteiger partial charge in [0, 0.05) is 31.7 Å². The van der Waals surface area contributed by atoms with Gasteiger partial charge in [0.05, 0.1) is 0 Å². The first-order chi connectivity index (χ1) is 6.88. The Labute approximate surface area is 82.7 Å². The SMILES string of the molecule is c1cnc2c(n1)CC1(CCNCC1)O2. The zero-order valence-electron chi connectivity index (χ0n) is 7.99. The second-order valence-electron chi connectivity index (χ2n) is 4.02. The van der Waals surface area contributed by atoms with Gasteiger partial charge in [0.25, 0.3) is 0 Å². The second-order valence-corrected chi connectivity index (χ2v) is 4.02. The lowest BCUT2D eigenvalue weighted by atomic mass is 9.89. The van der Waals surface area contributed by atoms with E-state index in [0.29, 0.717) is 0 Å². The van der Waals surface area contributed by atoms with E-state index in [4.69, 9.17) is 4.74 Å². The van der Waals surface area contributed by atoms with Gasteiger partial charge in [-0.15, -0.1) is 0 Å². The van der Waals surface area contributed by atoms with E-state index in [2.05, 4.69) is 15.3 Å². The molecule has 4 heteroatoms. The van der Waals surface area contributed by atoms with Crippen molar-refractivity contribution in [3.63, 3.8) is 0 Å². The summed E-state index contributed by atoms with van der Waals surface area (Å²) in [6, 6.07) is 0. The molecule has 0 atom stereocenters. The standard InChI is InChI=1S/C10H13N3O/c1-3-11-4-2-10(1)7-8-9(14-10)13-6-5-12-8/h5-6,11H,1-4,7H2. The highest BCUT2D eigenvalue weighted by atomic mass is 16.5. The molecule has 0 bridgehead atoms. The van der Waals surface area contributed by atoms with Crippen LogP contribution in [0, 0.1) is 0 Å². The number of aromatic nitrogens is 2. The van der Waals surface area contributed by atoms with E-state index >= 15 is 0 Å². The Morgan fingerprint density at radius 3 is 2.79 bits per heavy atom. The maximum Gasteiger partial charge on any atom is 0.236 e. The molecule has 0 amide bonds. The van der Waals surface area contributed by atoms with Crippen molar-refractivity contribution in [1.82, 2.24) is 15.3 Å². The Bertz CT molecular complexity index is 320. The van der Waals surface area contributed by atoms with Crippen molar-refractivity contribution < 1.29 is 4.74 Å². The molecule has 2 aliphatic heterocycles. The molecular formula is C10H13N3O. The average molecular weight is 191 g/mol. The molecule has 1 aromatic rings. The number of rotatable bonds is 0. The summed E-state index contributed by atoms with van der Waals surface area (Å²) in [5.41, 5.74) is 1.02. The number of hydrogen-bond donors (Lipinski definition) is 1. The minimum atomic E-state index is -0.00502. The van der Waals surface area contributed by atoms with E-state index in [1.54, 1.807) is 12.4 Å². The maximum absolute atomic E-state index is 5.92. The summed E-state index contributed by atoms with van der Waals surface area (Å²) >= 11 is 0. The fourth-order valence-electron chi connectivity index (χ4n) is 2.27. The minimum absolute atomic E-state index is 0.00502. The maximum atomic E-state index is 5.92. The van der Waals surface area contributed by atoms with Crippen molar-refractivity contribution in [1.29, 1.82) is 0 Å². The molecule has 1 fully saturated rings. The first-order valence-corrected chi connectivity index (χ1v) is 5.08. The molecule has 3 rings (SSSR count). The van der Waals surface area contributed by atoms with E-state index in [1.807, 2.05) is 0 Å². The third kappa shape index (κ3) is 1.18. The van der Waals surface area contributed by atoms with Crippen LogP contribution in [0.1, 0.15) is 18.5 Å². The molecule has 0 aliphatic carbocycles. The number of fused-ring (bicyclic) bond motifs is 1. The molecule has 3 heterocycles. The first kappa shape index (κ1) is 8.17. The van der Waals surface area contributed by atoms with Gasteiger partial charge >= 0.3 is 0 Å². The van der Waals surface area contributed by atoms with Crippen LogP contribution in [0.3, 0.4) is 0 Å². The van der Waals surface area contributed by atoms with Crippen LogP contribution >= 0.6 is 0 Å². The molecule has 1 N–H and O–H groups in total. The highest BCUT2D eigenvalue weighted by Crippen LogP contribution is 2.36. The fourth-order valence-corrected chi connectivity index (χ4v) is 2.27. The molecule has 1 spiro atoms.